The third-order valence-electron chi connectivity index (χ3n) is 2.37. The average Bonchev–Trinajstić information content (AvgIpc) is 2.23. The molecule has 0 aromatic heterocycles. The number of carbonyl (C=O) groups excluding carboxylic acids is 1. The van der Waals surface area contributed by atoms with E-state index < -0.39 is 24.2 Å². The van der Waals surface area contributed by atoms with Crippen molar-refractivity contribution < 1.29 is 23.1 Å². The molecule has 1 aromatic carbocycles. The fraction of sp³-hybridized carbons (Fsp3) is 0.417. The fourth-order valence-corrected chi connectivity index (χ4v) is 1.47. The molecule has 6 heteroatoms. The minimum Gasteiger partial charge on any atom is -0.384 e. The highest BCUT2D eigenvalue weighted by molar-refractivity contribution is 5.80. The van der Waals surface area contributed by atoms with E-state index in [-0.39, 0.29) is 5.56 Å². The number of benzene rings is 1. The molecule has 1 rings (SSSR count). The van der Waals surface area contributed by atoms with Gasteiger partial charge in [0.1, 0.15) is 6.10 Å². The first-order chi connectivity index (χ1) is 8.21. The van der Waals surface area contributed by atoms with Crippen LogP contribution in [0.3, 0.4) is 0 Å². The molecule has 0 aliphatic heterocycles. The summed E-state index contributed by atoms with van der Waals surface area (Å²) in [5.74, 6) is -1.06. The van der Waals surface area contributed by atoms with E-state index in [1.54, 1.807) is 18.3 Å². The Labute approximate surface area is 103 Å². The third-order valence-corrected chi connectivity index (χ3v) is 2.37. The number of aliphatic hydroxyl groups is 1. The van der Waals surface area contributed by atoms with E-state index in [0.29, 0.717) is 5.56 Å². The molecule has 0 saturated heterocycles. The lowest BCUT2D eigenvalue weighted by Gasteiger charge is -2.23. The molecule has 100 valence electrons. The summed E-state index contributed by atoms with van der Waals surface area (Å²) >= 11 is 0. The molecule has 0 aliphatic carbocycles. The zero-order chi connectivity index (χ0) is 13.9. The van der Waals surface area contributed by atoms with Crippen molar-refractivity contribution in [3.05, 3.63) is 35.4 Å². The van der Waals surface area contributed by atoms with Gasteiger partial charge in [-0.05, 0) is 19.4 Å². The number of amides is 1. The molecule has 0 saturated carbocycles. The minimum atomic E-state index is -4.61. The summed E-state index contributed by atoms with van der Waals surface area (Å²) in [5.41, 5.74) is 0.601. The number of rotatable bonds is 3. The molecule has 0 heterocycles. The second-order valence-electron chi connectivity index (χ2n) is 4.07. The van der Waals surface area contributed by atoms with Crippen molar-refractivity contribution in [2.75, 3.05) is 0 Å². The summed E-state index contributed by atoms with van der Waals surface area (Å²) in [7, 11) is 0. The monoisotopic (exact) mass is 261 g/mol. The van der Waals surface area contributed by atoms with Crippen LogP contribution in [-0.4, -0.2) is 23.3 Å². The van der Waals surface area contributed by atoms with E-state index >= 15 is 0 Å². The van der Waals surface area contributed by atoms with E-state index in [1.807, 2.05) is 0 Å². The van der Waals surface area contributed by atoms with Gasteiger partial charge in [0.2, 0.25) is 5.91 Å². The number of carbonyl (C=O) groups is 1. The molecule has 18 heavy (non-hydrogen) atoms. The standard InChI is InChI=1S/C12H14F3NO2/c1-7-4-3-5-9(6-7)10(12(13,14)15)16-11(18)8(2)17/h3-6,8,10,17H,1-2H3,(H,16,18)/t8-,10-/m0/s1. The van der Waals surface area contributed by atoms with Crippen molar-refractivity contribution in [1.29, 1.82) is 0 Å². The Kier molecular flexibility index (Phi) is 4.34. The molecule has 1 aromatic rings. The lowest BCUT2D eigenvalue weighted by molar-refractivity contribution is -0.165. The highest BCUT2D eigenvalue weighted by Crippen LogP contribution is 2.32. The van der Waals surface area contributed by atoms with Gasteiger partial charge in [0.05, 0.1) is 0 Å². The van der Waals surface area contributed by atoms with Crippen molar-refractivity contribution in [2.45, 2.75) is 32.2 Å². The second-order valence-corrected chi connectivity index (χ2v) is 4.07. The van der Waals surface area contributed by atoms with Gasteiger partial charge in [-0.1, -0.05) is 29.8 Å². The number of hydrogen-bond acceptors (Lipinski definition) is 2. The number of halogens is 3. The molecule has 2 atom stereocenters. The first kappa shape index (κ1) is 14.5. The largest absolute Gasteiger partial charge is 0.412 e. The number of alkyl halides is 3. The van der Waals surface area contributed by atoms with Crippen LogP contribution in [0.4, 0.5) is 13.2 Å². The number of aliphatic hydroxyl groups excluding tert-OH is 1. The Bertz CT molecular complexity index is 430. The van der Waals surface area contributed by atoms with E-state index in [9.17, 15) is 18.0 Å². The molecule has 3 nitrogen and oxygen atoms in total. The molecule has 0 aliphatic rings. The Morgan fingerprint density at radius 2 is 2.00 bits per heavy atom. The van der Waals surface area contributed by atoms with Crippen LogP contribution in [0.15, 0.2) is 24.3 Å². The lowest BCUT2D eigenvalue weighted by Crippen LogP contribution is -2.42. The maximum Gasteiger partial charge on any atom is 0.412 e. The highest BCUT2D eigenvalue weighted by atomic mass is 19.4. The SMILES string of the molecule is Cc1cccc([C@H](NC(=O)[C@H](C)O)C(F)(F)F)c1. The predicted molar refractivity (Wildman–Crippen MR) is 59.8 cm³/mol. The molecule has 0 spiro atoms. The van der Waals surface area contributed by atoms with Crippen molar-refractivity contribution in [3.63, 3.8) is 0 Å². The number of hydrogen-bond donors (Lipinski definition) is 2. The van der Waals surface area contributed by atoms with Gasteiger partial charge in [0.25, 0.3) is 0 Å². The van der Waals surface area contributed by atoms with Crippen LogP contribution < -0.4 is 5.32 Å². The fourth-order valence-electron chi connectivity index (χ4n) is 1.47. The normalized spacial score (nSPS) is 15.0. The van der Waals surface area contributed by atoms with Gasteiger partial charge in [-0.15, -0.1) is 0 Å². The molecule has 2 N–H and O–H groups in total. The van der Waals surface area contributed by atoms with E-state index in [4.69, 9.17) is 5.11 Å². The average molecular weight is 261 g/mol. The maximum absolute atomic E-state index is 12.9. The Morgan fingerprint density at radius 3 is 2.44 bits per heavy atom. The summed E-state index contributed by atoms with van der Waals surface area (Å²) in [6.07, 6.45) is -6.10. The van der Waals surface area contributed by atoms with E-state index in [0.717, 1.165) is 6.92 Å². The van der Waals surface area contributed by atoms with Gasteiger partial charge in [0.15, 0.2) is 6.04 Å². The smallest absolute Gasteiger partial charge is 0.384 e. The molecule has 0 fully saturated rings. The molecule has 0 radical (unpaired) electrons. The second kappa shape index (κ2) is 5.39. The molecular weight excluding hydrogens is 247 g/mol. The van der Waals surface area contributed by atoms with Crippen LogP contribution in [0.2, 0.25) is 0 Å². The van der Waals surface area contributed by atoms with Crippen molar-refractivity contribution >= 4 is 5.91 Å². The summed E-state index contributed by atoms with van der Waals surface area (Å²) in [6.45, 7) is 2.77. The Morgan fingerprint density at radius 1 is 1.39 bits per heavy atom. The van der Waals surface area contributed by atoms with Gasteiger partial charge in [0, 0.05) is 0 Å². The molecule has 0 bridgehead atoms. The number of nitrogens with one attached hydrogen (secondary N) is 1. The molecular formula is C12H14F3NO2. The minimum absolute atomic E-state index is 0.0588. The lowest BCUT2D eigenvalue weighted by atomic mass is 10.0. The van der Waals surface area contributed by atoms with Gasteiger partial charge >= 0.3 is 6.18 Å². The van der Waals surface area contributed by atoms with Crippen molar-refractivity contribution in [3.8, 4) is 0 Å². The maximum atomic E-state index is 12.9. The molecule has 1 amide bonds. The zero-order valence-corrected chi connectivity index (χ0v) is 9.95. The highest BCUT2D eigenvalue weighted by Gasteiger charge is 2.42. The first-order valence-corrected chi connectivity index (χ1v) is 5.33. The Hall–Kier alpha value is -1.56. The van der Waals surface area contributed by atoms with E-state index in [2.05, 4.69) is 0 Å². The summed E-state index contributed by atoms with van der Waals surface area (Å²) < 4.78 is 38.6. The Balaban J connectivity index is 3.03. The van der Waals surface area contributed by atoms with Gasteiger partial charge in [-0.2, -0.15) is 13.2 Å². The third kappa shape index (κ3) is 3.73. The van der Waals surface area contributed by atoms with Crippen LogP contribution in [0.25, 0.3) is 0 Å². The summed E-state index contributed by atoms with van der Waals surface area (Å²) in [4.78, 5) is 11.2. The van der Waals surface area contributed by atoms with Crippen LogP contribution in [0, 0.1) is 6.92 Å². The summed E-state index contributed by atoms with van der Waals surface area (Å²) in [6, 6.07) is 3.67. The van der Waals surface area contributed by atoms with Crippen LogP contribution in [0.5, 0.6) is 0 Å². The van der Waals surface area contributed by atoms with Gasteiger partial charge < -0.3 is 10.4 Å². The topological polar surface area (TPSA) is 49.3 Å². The van der Waals surface area contributed by atoms with Crippen LogP contribution >= 0.6 is 0 Å². The zero-order valence-electron chi connectivity index (χ0n) is 9.95. The quantitative estimate of drug-likeness (QED) is 0.875. The first-order valence-electron chi connectivity index (χ1n) is 5.33. The van der Waals surface area contributed by atoms with E-state index in [1.165, 1.54) is 18.2 Å². The van der Waals surface area contributed by atoms with Gasteiger partial charge in [-0.3, -0.25) is 4.79 Å². The predicted octanol–water partition coefficient (Wildman–Crippen LogP) is 2.10. The van der Waals surface area contributed by atoms with Gasteiger partial charge in [-0.25, -0.2) is 0 Å². The number of aryl methyl sites for hydroxylation is 1. The van der Waals surface area contributed by atoms with Crippen LogP contribution in [0.1, 0.15) is 24.1 Å². The molecule has 0 unspecified atom stereocenters. The summed E-state index contributed by atoms with van der Waals surface area (Å²) in [5, 5.41) is 10.7. The van der Waals surface area contributed by atoms with Crippen molar-refractivity contribution in [1.82, 2.24) is 5.32 Å². The van der Waals surface area contributed by atoms with Crippen LogP contribution in [-0.2, 0) is 4.79 Å². The van der Waals surface area contributed by atoms with Crippen molar-refractivity contribution in [2.24, 2.45) is 0 Å².